The zero-order valence-corrected chi connectivity index (χ0v) is 8.94. The Labute approximate surface area is 82.0 Å². The first-order valence-corrected chi connectivity index (χ1v) is 5.08. The number of hydrogen-bond donors (Lipinski definition) is 1. The van der Waals surface area contributed by atoms with E-state index in [2.05, 4.69) is 18.8 Å². The Morgan fingerprint density at radius 2 is 2.23 bits per heavy atom. The molecule has 1 rings (SSSR count). The van der Waals surface area contributed by atoms with Crippen molar-refractivity contribution in [3.05, 3.63) is 10.6 Å². The molecule has 0 radical (unpaired) electrons. The van der Waals surface area contributed by atoms with Gasteiger partial charge in [-0.15, -0.1) is 11.3 Å². The van der Waals surface area contributed by atoms with Crippen LogP contribution in [0.25, 0.3) is 0 Å². The molecule has 0 aliphatic carbocycles. The molecule has 0 fully saturated rings. The monoisotopic (exact) mass is 198 g/mol. The van der Waals surface area contributed by atoms with Crippen molar-refractivity contribution in [3.8, 4) is 0 Å². The highest BCUT2D eigenvalue weighted by Crippen LogP contribution is 2.23. The average molecular weight is 198 g/mol. The molecule has 1 heterocycles. The molecule has 0 aromatic carbocycles. The largest absolute Gasteiger partial charge is 0.375 e. The van der Waals surface area contributed by atoms with Gasteiger partial charge in [-0.3, -0.25) is 4.79 Å². The number of rotatable bonds is 3. The van der Waals surface area contributed by atoms with E-state index in [0.717, 1.165) is 11.3 Å². The first-order valence-electron chi connectivity index (χ1n) is 4.26. The van der Waals surface area contributed by atoms with Gasteiger partial charge in [0, 0.05) is 11.8 Å². The minimum atomic E-state index is 0.00333. The lowest BCUT2D eigenvalue weighted by Gasteiger charge is -2.01. The van der Waals surface area contributed by atoms with E-state index in [1.165, 1.54) is 18.3 Å². The molecule has 0 amide bonds. The lowest BCUT2D eigenvalue weighted by atomic mass is 10.1. The lowest BCUT2D eigenvalue weighted by molar-refractivity contribution is 0.101. The second-order valence-electron chi connectivity index (χ2n) is 3.48. The highest BCUT2D eigenvalue weighted by molar-refractivity contribution is 7.15. The normalized spacial score (nSPS) is 10.8. The van der Waals surface area contributed by atoms with Crippen LogP contribution in [0.4, 0.5) is 5.13 Å². The van der Waals surface area contributed by atoms with E-state index < -0.39 is 0 Å². The molecule has 1 aromatic heterocycles. The van der Waals surface area contributed by atoms with Gasteiger partial charge in [-0.05, 0) is 12.3 Å². The topological polar surface area (TPSA) is 56.0 Å². The first kappa shape index (κ1) is 10.2. The van der Waals surface area contributed by atoms with Crippen molar-refractivity contribution in [3.63, 3.8) is 0 Å². The van der Waals surface area contributed by atoms with Crippen LogP contribution in [-0.2, 0) is 6.42 Å². The van der Waals surface area contributed by atoms with E-state index in [4.69, 9.17) is 5.73 Å². The van der Waals surface area contributed by atoms with Crippen LogP contribution >= 0.6 is 11.3 Å². The van der Waals surface area contributed by atoms with Crippen LogP contribution in [-0.4, -0.2) is 10.8 Å². The van der Waals surface area contributed by atoms with Gasteiger partial charge in [0.2, 0.25) is 0 Å². The summed E-state index contributed by atoms with van der Waals surface area (Å²) in [5.74, 6) is 0.529. The zero-order valence-electron chi connectivity index (χ0n) is 8.13. The molecule has 2 N–H and O–H groups in total. The molecule has 0 unspecified atom stereocenters. The van der Waals surface area contributed by atoms with Crippen LogP contribution in [0.15, 0.2) is 0 Å². The Kier molecular flexibility index (Phi) is 3.03. The molecule has 3 nitrogen and oxygen atoms in total. The molecule has 13 heavy (non-hydrogen) atoms. The third kappa shape index (κ3) is 2.52. The number of nitrogen functional groups attached to an aromatic ring is 1. The molecule has 0 bridgehead atoms. The summed E-state index contributed by atoms with van der Waals surface area (Å²) in [4.78, 5) is 16.2. The van der Waals surface area contributed by atoms with E-state index in [0.29, 0.717) is 16.7 Å². The van der Waals surface area contributed by atoms with Crippen LogP contribution in [0.2, 0.25) is 0 Å². The standard InChI is InChI=1S/C9H14N2OS/c1-5(2)4-7-8(6(3)12)11-9(10)13-7/h5H,4H2,1-3H3,(H2,10,11). The second kappa shape index (κ2) is 3.87. The van der Waals surface area contributed by atoms with Crippen LogP contribution < -0.4 is 5.73 Å². The van der Waals surface area contributed by atoms with Gasteiger partial charge in [-0.1, -0.05) is 13.8 Å². The predicted molar refractivity (Wildman–Crippen MR) is 55.1 cm³/mol. The number of thiazole rings is 1. The van der Waals surface area contributed by atoms with Gasteiger partial charge in [0.25, 0.3) is 0 Å². The van der Waals surface area contributed by atoms with Gasteiger partial charge in [0.1, 0.15) is 5.69 Å². The lowest BCUT2D eigenvalue weighted by Crippen LogP contribution is -2.00. The van der Waals surface area contributed by atoms with Crippen molar-refractivity contribution in [2.24, 2.45) is 5.92 Å². The van der Waals surface area contributed by atoms with E-state index in [9.17, 15) is 4.79 Å². The highest BCUT2D eigenvalue weighted by Gasteiger charge is 2.14. The smallest absolute Gasteiger partial charge is 0.180 e. The summed E-state index contributed by atoms with van der Waals surface area (Å²) in [5.41, 5.74) is 6.10. The summed E-state index contributed by atoms with van der Waals surface area (Å²) in [7, 11) is 0. The summed E-state index contributed by atoms with van der Waals surface area (Å²) in [6.07, 6.45) is 0.879. The molecule has 1 aromatic rings. The van der Waals surface area contributed by atoms with Crippen LogP contribution in [0.3, 0.4) is 0 Å². The molecular weight excluding hydrogens is 184 g/mol. The molecule has 0 aliphatic rings. The van der Waals surface area contributed by atoms with Crippen molar-refractivity contribution in [2.45, 2.75) is 27.2 Å². The third-order valence-electron chi connectivity index (χ3n) is 1.64. The maximum absolute atomic E-state index is 11.1. The Hall–Kier alpha value is -0.900. The molecule has 0 aliphatic heterocycles. The van der Waals surface area contributed by atoms with Crippen LogP contribution in [0, 0.1) is 5.92 Å². The first-order chi connectivity index (χ1) is 6.00. The zero-order chi connectivity index (χ0) is 10.0. The van der Waals surface area contributed by atoms with E-state index in [1.807, 2.05) is 0 Å². The van der Waals surface area contributed by atoms with Crippen molar-refractivity contribution < 1.29 is 4.79 Å². The Balaban J connectivity index is 2.97. The van der Waals surface area contributed by atoms with E-state index >= 15 is 0 Å². The Morgan fingerprint density at radius 1 is 1.62 bits per heavy atom. The van der Waals surface area contributed by atoms with Crippen molar-refractivity contribution >= 4 is 22.3 Å². The number of hydrogen-bond acceptors (Lipinski definition) is 4. The quantitative estimate of drug-likeness (QED) is 0.757. The summed E-state index contributed by atoms with van der Waals surface area (Å²) < 4.78 is 0. The number of anilines is 1. The molecule has 0 saturated carbocycles. The minimum absolute atomic E-state index is 0.00333. The van der Waals surface area contributed by atoms with Gasteiger partial charge in [0.15, 0.2) is 10.9 Å². The summed E-state index contributed by atoms with van der Waals surface area (Å²) in [5, 5.41) is 0.487. The van der Waals surface area contributed by atoms with Gasteiger partial charge in [0.05, 0.1) is 0 Å². The molecule has 0 spiro atoms. The number of nitrogens with zero attached hydrogens (tertiary/aromatic N) is 1. The van der Waals surface area contributed by atoms with Crippen molar-refractivity contribution in [2.75, 3.05) is 5.73 Å². The summed E-state index contributed by atoms with van der Waals surface area (Å²) in [6, 6.07) is 0. The van der Waals surface area contributed by atoms with Crippen molar-refractivity contribution in [1.82, 2.24) is 4.98 Å². The maximum atomic E-state index is 11.1. The molecule has 4 heteroatoms. The maximum Gasteiger partial charge on any atom is 0.180 e. The fourth-order valence-electron chi connectivity index (χ4n) is 1.15. The van der Waals surface area contributed by atoms with Gasteiger partial charge in [-0.25, -0.2) is 4.98 Å². The van der Waals surface area contributed by atoms with E-state index in [1.54, 1.807) is 0 Å². The fraction of sp³-hybridized carbons (Fsp3) is 0.556. The van der Waals surface area contributed by atoms with Crippen LogP contribution in [0.1, 0.15) is 36.1 Å². The molecular formula is C9H14N2OS. The van der Waals surface area contributed by atoms with Crippen LogP contribution in [0.5, 0.6) is 0 Å². The Bertz CT molecular complexity index is 317. The molecule has 0 saturated heterocycles. The Morgan fingerprint density at radius 3 is 2.69 bits per heavy atom. The SMILES string of the molecule is CC(=O)c1nc(N)sc1CC(C)C. The van der Waals surface area contributed by atoms with Gasteiger partial charge >= 0.3 is 0 Å². The number of Topliss-reactive ketones (excluding diaryl/α,β-unsaturated/α-hetero) is 1. The second-order valence-corrected chi connectivity index (χ2v) is 4.59. The fourth-order valence-corrected chi connectivity index (χ4v) is 2.25. The van der Waals surface area contributed by atoms with Crippen molar-refractivity contribution in [1.29, 1.82) is 0 Å². The van der Waals surface area contributed by atoms with Gasteiger partial charge in [-0.2, -0.15) is 0 Å². The third-order valence-corrected chi connectivity index (χ3v) is 2.55. The summed E-state index contributed by atoms with van der Waals surface area (Å²) >= 11 is 1.42. The number of ketones is 1. The van der Waals surface area contributed by atoms with Gasteiger partial charge < -0.3 is 5.73 Å². The number of aromatic nitrogens is 1. The molecule has 72 valence electrons. The number of nitrogens with two attached hydrogens (primary N) is 1. The number of carbonyl (C=O) groups excluding carboxylic acids is 1. The molecule has 0 atom stereocenters. The number of carbonyl (C=O) groups is 1. The van der Waals surface area contributed by atoms with E-state index in [-0.39, 0.29) is 5.78 Å². The predicted octanol–water partition coefficient (Wildman–Crippen LogP) is 2.13. The minimum Gasteiger partial charge on any atom is -0.375 e. The summed E-state index contributed by atoms with van der Waals surface area (Å²) in [6.45, 7) is 5.75. The average Bonchev–Trinajstić information content (AvgIpc) is 2.29. The highest BCUT2D eigenvalue weighted by atomic mass is 32.1.